The number of nitrogens with one attached hydrogen (secondary N) is 1. The normalized spacial score (nSPS) is 10.0. The molecule has 0 aliphatic heterocycles. The summed E-state index contributed by atoms with van der Waals surface area (Å²) in [6.07, 6.45) is 0. The summed E-state index contributed by atoms with van der Waals surface area (Å²) >= 11 is 5.85. The summed E-state index contributed by atoms with van der Waals surface area (Å²) in [6, 6.07) is 11.9. The highest BCUT2D eigenvalue weighted by atomic mass is 35.5. The fraction of sp³-hybridized carbons (Fsp3) is 0.133. The van der Waals surface area contributed by atoms with Gasteiger partial charge in [-0.15, -0.1) is 0 Å². The Hall–Kier alpha value is -2.40. The number of hydrogen-bond acceptors (Lipinski definition) is 4. The van der Waals surface area contributed by atoms with Crippen molar-refractivity contribution in [3.63, 3.8) is 0 Å². The molecule has 0 bridgehead atoms. The van der Waals surface area contributed by atoms with E-state index in [1.165, 1.54) is 0 Å². The number of hydrogen-bond donors (Lipinski definition) is 2. The minimum Gasteiger partial charge on any atom is -0.497 e. The van der Waals surface area contributed by atoms with E-state index in [1.807, 2.05) is 0 Å². The van der Waals surface area contributed by atoms with Crippen molar-refractivity contribution in [2.45, 2.75) is 0 Å². The fourth-order valence-electron chi connectivity index (χ4n) is 1.66. The van der Waals surface area contributed by atoms with Crippen molar-refractivity contribution in [1.29, 1.82) is 0 Å². The zero-order valence-electron chi connectivity index (χ0n) is 11.4. The predicted molar refractivity (Wildman–Crippen MR) is 83.0 cm³/mol. The molecular formula is C15H15ClN2O3. The quantitative estimate of drug-likeness (QED) is 0.833. The highest BCUT2D eigenvalue weighted by Crippen LogP contribution is 2.23. The number of anilines is 2. The smallest absolute Gasteiger partial charge is 0.262 e. The molecule has 2 aromatic rings. The second kappa shape index (κ2) is 6.85. The van der Waals surface area contributed by atoms with Crippen LogP contribution >= 0.6 is 11.6 Å². The first-order valence-corrected chi connectivity index (χ1v) is 6.58. The number of carbonyl (C=O) groups excluding carboxylic acids is 1. The average Bonchev–Trinajstić information content (AvgIpc) is 2.49. The van der Waals surface area contributed by atoms with Crippen molar-refractivity contribution < 1.29 is 14.3 Å². The molecule has 0 fully saturated rings. The maximum absolute atomic E-state index is 11.8. The van der Waals surface area contributed by atoms with Crippen LogP contribution in [0.25, 0.3) is 0 Å². The molecule has 1 amide bonds. The Morgan fingerprint density at radius 2 is 2.00 bits per heavy atom. The Balaban J connectivity index is 1.94. The van der Waals surface area contributed by atoms with E-state index >= 15 is 0 Å². The van der Waals surface area contributed by atoms with Gasteiger partial charge in [0.25, 0.3) is 5.91 Å². The van der Waals surface area contributed by atoms with E-state index < -0.39 is 0 Å². The third kappa shape index (κ3) is 4.29. The van der Waals surface area contributed by atoms with E-state index in [4.69, 9.17) is 26.8 Å². The largest absolute Gasteiger partial charge is 0.497 e. The number of nitrogens with two attached hydrogens (primary N) is 1. The summed E-state index contributed by atoms with van der Waals surface area (Å²) in [7, 11) is 1.56. The lowest BCUT2D eigenvalue weighted by atomic mass is 10.2. The molecule has 0 saturated heterocycles. The molecule has 6 heteroatoms. The van der Waals surface area contributed by atoms with Crippen molar-refractivity contribution in [2.24, 2.45) is 0 Å². The van der Waals surface area contributed by atoms with Gasteiger partial charge in [-0.3, -0.25) is 4.79 Å². The summed E-state index contributed by atoms with van der Waals surface area (Å²) in [6.45, 7) is -0.140. The molecule has 0 radical (unpaired) electrons. The van der Waals surface area contributed by atoms with E-state index in [0.29, 0.717) is 27.9 Å². The maximum Gasteiger partial charge on any atom is 0.262 e. The van der Waals surface area contributed by atoms with E-state index in [-0.39, 0.29) is 12.5 Å². The molecule has 0 spiro atoms. The third-order valence-electron chi connectivity index (χ3n) is 2.70. The van der Waals surface area contributed by atoms with Gasteiger partial charge in [0, 0.05) is 11.1 Å². The van der Waals surface area contributed by atoms with Gasteiger partial charge in [-0.05, 0) is 30.3 Å². The summed E-state index contributed by atoms with van der Waals surface area (Å²) < 4.78 is 10.5. The van der Waals surface area contributed by atoms with Gasteiger partial charge >= 0.3 is 0 Å². The second-order valence-electron chi connectivity index (χ2n) is 4.25. The Labute approximate surface area is 127 Å². The van der Waals surface area contributed by atoms with Crippen LogP contribution in [0.15, 0.2) is 42.5 Å². The summed E-state index contributed by atoms with van der Waals surface area (Å²) in [5.74, 6) is 0.877. The van der Waals surface area contributed by atoms with Crippen molar-refractivity contribution in [1.82, 2.24) is 0 Å². The minimum atomic E-state index is -0.327. The lowest BCUT2D eigenvalue weighted by Gasteiger charge is -2.10. The molecule has 5 nitrogen and oxygen atoms in total. The lowest BCUT2D eigenvalue weighted by molar-refractivity contribution is -0.118. The van der Waals surface area contributed by atoms with Gasteiger partial charge < -0.3 is 20.5 Å². The zero-order valence-corrected chi connectivity index (χ0v) is 12.2. The maximum atomic E-state index is 11.8. The van der Waals surface area contributed by atoms with Gasteiger partial charge in [0.1, 0.15) is 11.5 Å². The highest BCUT2D eigenvalue weighted by molar-refractivity contribution is 6.31. The first kappa shape index (κ1) is 15.0. The second-order valence-corrected chi connectivity index (χ2v) is 4.68. The summed E-state index contributed by atoms with van der Waals surface area (Å²) in [4.78, 5) is 11.8. The minimum absolute atomic E-state index is 0.140. The number of nitrogen functional groups attached to an aromatic ring is 1. The zero-order chi connectivity index (χ0) is 15.2. The Morgan fingerprint density at radius 1 is 1.24 bits per heavy atom. The van der Waals surface area contributed by atoms with Crippen molar-refractivity contribution >= 4 is 28.9 Å². The predicted octanol–water partition coefficient (Wildman–Crippen LogP) is 2.95. The molecule has 2 rings (SSSR count). The number of ether oxygens (including phenoxy) is 2. The van der Waals surface area contributed by atoms with Crippen LogP contribution in [-0.2, 0) is 4.79 Å². The van der Waals surface area contributed by atoms with Crippen LogP contribution in [-0.4, -0.2) is 19.6 Å². The Morgan fingerprint density at radius 3 is 2.76 bits per heavy atom. The summed E-state index contributed by atoms with van der Waals surface area (Å²) in [5.41, 5.74) is 6.65. The first-order chi connectivity index (χ1) is 10.1. The topological polar surface area (TPSA) is 73.6 Å². The number of carbonyl (C=O) groups is 1. The van der Waals surface area contributed by atoms with Crippen molar-refractivity contribution in [2.75, 3.05) is 24.8 Å². The van der Waals surface area contributed by atoms with Gasteiger partial charge in [-0.1, -0.05) is 17.7 Å². The monoisotopic (exact) mass is 306 g/mol. The van der Waals surface area contributed by atoms with Gasteiger partial charge in [0.05, 0.1) is 18.5 Å². The molecule has 3 N–H and O–H groups in total. The third-order valence-corrected chi connectivity index (χ3v) is 2.94. The number of methoxy groups -OCH3 is 1. The average molecular weight is 307 g/mol. The van der Waals surface area contributed by atoms with Gasteiger partial charge in [-0.25, -0.2) is 0 Å². The van der Waals surface area contributed by atoms with Gasteiger partial charge in [0.2, 0.25) is 0 Å². The molecule has 0 heterocycles. The highest BCUT2D eigenvalue weighted by Gasteiger charge is 2.07. The molecule has 0 aliphatic rings. The number of halogens is 1. The molecule has 0 saturated carbocycles. The Kier molecular flexibility index (Phi) is 4.90. The number of benzene rings is 2. The fourth-order valence-corrected chi connectivity index (χ4v) is 1.83. The van der Waals surface area contributed by atoms with E-state index in [0.717, 1.165) is 0 Å². The van der Waals surface area contributed by atoms with Crippen LogP contribution in [0.3, 0.4) is 0 Å². The van der Waals surface area contributed by atoms with Crippen molar-refractivity contribution in [3.05, 3.63) is 47.5 Å². The molecule has 110 valence electrons. The SMILES string of the molecule is COc1cccc(OCC(=O)Nc2cc(Cl)ccc2N)c1. The number of rotatable bonds is 5. The van der Waals surface area contributed by atoms with Crippen LogP contribution < -0.4 is 20.5 Å². The van der Waals surface area contributed by atoms with Gasteiger partial charge in [0.15, 0.2) is 6.61 Å². The summed E-state index contributed by atoms with van der Waals surface area (Å²) in [5, 5.41) is 3.14. The first-order valence-electron chi connectivity index (χ1n) is 6.20. The number of amides is 1. The van der Waals surface area contributed by atoms with Crippen molar-refractivity contribution in [3.8, 4) is 11.5 Å². The van der Waals surface area contributed by atoms with Crippen LogP contribution in [0.5, 0.6) is 11.5 Å². The molecule has 0 aromatic heterocycles. The molecule has 21 heavy (non-hydrogen) atoms. The van der Waals surface area contributed by atoms with Crippen LogP contribution in [0.4, 0.5) is 11.4 Å². The molecule has 0 aliphatic carbocycles. The van der Waals surface area contributed by atoms with E-state index in [1.54, 1.807) is 49.6 Å². The molecule has 0 atom stereocenters. The van der Waals surface area contributed by atoms with Crippen LogP contribution in [0, 0.1) is 0 Å². The van der Waals surface area contributed by atoms with Crippen LogP contribution in [0.1, 0.15) is 0 Å². The van der Waals surface area contributed by atoms with Gasteiger partial charge in [-0.2, -0.15) is 0 Å². The lowest BCUT2D eigenvalue weighted by Crippen LogP contribution is -2.20. The standard InChI is InChI=1S/C15H15ClN2O3/c1-20-11-3-2-4-12(8-11)21-9-15(19)18-14-7-10(16)5-6-13(14)17/h2-8H,9,17H2,1H3,(H,18,19). The molecule has 0 unspecified atom stereocenters. The molecular weight excluding hydrogens is 292 g/mol. The van der Waals surface area contributed by atoms with Crippen LogP contribution in [0.2, 0.25) is 5.02 Å². The Bertz CT molecular complexity index is 647. The van der Waals surface area contributed by atoms with E-state index in [2.05, 4.69) is 5.32 Å². The molecule has 2 aromatic carbocycles. The van der Waals surface area contributed by atoms with E-state index in [9.17, 15) is 4.79 Å².